The van der Waals surface area contributed by atoms with E-state index in [4.69, 9.17) is 19.4 Å². The Balaban J connectivity index is 1.06. The molecule has 3 aromatic carbocycles. The van der Waals surface area contributed by atoms with E-state index >= 15 is 0 Å². The summed E-state index contributed by atoms with van der Waals surface area (Å²) in [6.07, 6.45) is 7.56. The maximum absolute atomic E-state index is 13.4. The molecule has 5 atom stereocenters. The molecule has 5 aromatic rings. The van der Waals surface area contributed by atoms with Gasteiger partial charge in [-0.3, -0.25) is 9.59 Å². The zero-order valence-corrected chi connectivity index (χ0v) is 31.0. The number of carbonyl (C=O) groups excluding carboxylic acids is 2. The van der Waals surface area contributed by atoms with Gasteiger partial charge in [0, 0.05) is 49.4 Å². The number of methoxy groups -OCH3 is 1. The first-order chi connectivity index (χ1) is 25.3. The smallest absolute Gasteiger partial charge is 0.223 e. The highest BCUT2D eigenvalue weighted by atomic mass is 16.5. The summed E-state index contributed by atoms with van der Waals surface area (Å²) in [5.74, 6) is 3.57. The first-order valence-electron chi connectivity index (χ1n) is 19.1. The van der Waals surface area contributed by atoms with Gasteiger partial charge < -0.3 is 29.2 Å². The molecule has 2 amide bonds. The SMILES string of the molecule is CCCC(=O)N1C(C)CCC1c1nc2c(ccc3cc4c(cc32)OCc2cc(-c3cnc(C5CC(COC)CN5C(=O)CC(C)CC)[nH]3)ccc2-4)[nH]1. The highest BCUT2D eigenvalue weighted by molar-refractivity contribution is 6.07. The highest BCUT2D eigenvalue weighted by Crippen LogP contribution is 2.44. The van der Waals surface area contributed by atoms with Crippen LogP contribution in [-0.4, -0.2) is 67.9 Å². The Bertz CT molecular complexity index is 2140. The first-order valence-corrected chi connectivity index (χ1v) is 19.1. The normalized spacial score (nSPS) is 21.8. The Labute approximate surface area is 305 Å². The predicted molar refractivity (Wildman–Crippen MR) is 203 cm³/mol. The number of carbonyl (C=O) groups is 2. The van der Waals surface area contributed by atoms with Crippen molar-refractivity contribution < 1.29 is 19.1 Å². The van der Waals surface area contributed by atoms with Crippen molar-refractivity contribution in [2.24, 2.45) is 11.8 Å². The topological polar surface area (TPSA) is 116 Å². The van der Waals surface area contributed by atoms with Crippen molar-refractivity contribution in [3.05, 3.63) is 65.9 Å². The molecule has 2 aromatic heterocycles. The van der Waals surface area contributed by atoms with Gasteiger partial charge in [-0.15, -0.1) is 0 Å². The van der Waals surface area contributed by atoms with Crippen molar-refractivity contribution in [3.63, 3.8) is 0 Å². The van der Waals surface area contributed by atoms with E-state index in [2.05, 4.69) is 80.1 Å². The number of nitrogens with zero attached hydrogens (tertiary/aromatic N) is 4. The summed E-state index contributed by atoms with van der Waals surface area (Å²) in [6.45, 7) is 10.2. The number of benzene rings is 3. The lowest BCUT2D eigenvalue weighted by atomic mass is 9.92. The van der Waals surface area contributed by atoms with Gasteiger partial charge in [0.15, 0.2) is 0 Å². The summed E-state index contributed by atoms with van der Waals surface area (Å²) in [7, 11) is 1.72. The molecule has 8 rings (SSSR count). The van der Waals surface area contributed by atoms with E-state index in [1.807, 2.05) is 16.0 Å². The van der Waals surface area contributed by atoms with E-state index in [9.17, 15) is 9.59 Å². The second-order valence-electron chi connectivity index (χ2n) is 15.3. The monoisotopic (exact) mass is 702 g/mol. The van der Waals surface area contributed by atoms with Crippen molar-refractivity contribution in [3.8, 4) is 28.1 Å². The Morgan fingerprint density at radius 3 is 2.69 bits per heavy atom. The molecule has 52 heavy (non-hydrogen) atoms. The third-order valence-corrected chi connectivity index (χ3v) is 11.7. The van der Waals surface area contributed by atoms with Crippen LogP contribution in [0, 0.1) is 11.8 Å². The number of H-pyrrole nitrogens is 2. The summed E-state index contributed by atoms with van der Waals surface area (Å²) >= 11 is 0. The average Bonchev–Trinajstić information content (AvgIpc) is 3.96. The van der Waals surface area contributed by atoms with Crippen LogP contribution in [0.15, 0.2) is 48.7 Å². The second-order valence-corrected chi connectivity index (χ2v) is 15.3. The van der Waals surface area contributed by atoms with Gasteiger partial charge in [-0.25, -0.2) is 9.97 Å². The molecule has 0 aliphatic carbocycles. The number of ether oxygens (including phenoxy) is 2. The van der Waals surface area contributed by atoms with E-state index in [0.717, 1.165) is 99.3 Å². The van der Waals surface area contributed by atoms with E-state index in [0.29, 0.717) is 38.5 Å². The molecule has 5 heterocycles. The lowest BCUT2D eigenvalue weighted by Gasteiger charge is -2.27. The minimum absolute atomic E-state index is 0.0285. The average molecular weight is 703 g/mol. The molecule has 2 saturated heterocycles. The summed E-state index contributed by atoms with van der Waals surface area (Å²) in [4.78, 5) is 47.5. The fraction of sp³-hybridized carbons (Fsp3) is 0.476. The van der Waals surface area contributed by atoms with Crippen LogP contribution >= 0.6 is 0 Å². The number of likely N-dealkylation sites (tertiary alicyclic amines) is 2. The third-order valence-electron chi connectivity index (χ3n) is 11.7. The summed E-state index contributed by atoms with van der Waals surface area (Å²) < 4.78 is 11.9. The van der Waals surface area contributed by atoms with Crippen LogP contribution in [0.3, 0.4) is 0 Å². The van der Waals surface area contributed by atoms with Gasteiger partial charge in [0.05, 0.1) is 41.6 Å². The summed E-state index contributed by atoms with van der Waals surface area (Å²) in [6, 6.07) is 15.2. The molecule has 0 radical (unpaired) electrons. The van der Waals surface area contributed by atoms with Crippen LogP contribution < -0.4 is 4.74 Å². The fourth-order valence-corrected chi connectivity index (χ4v) is 8.67. The standard InChI is InChI=1S/C42H50N6O4/c1-6-8-38(49)48-25(4)9-14-35(48)42-44-33-13-11-27-18-32-30-12-10-28(17-29(30)23-52-37(32)19-31(27)40(33)46-42)34-20-43-41(45-34)36-16-26(22-51-5)21-47(36)39(50)15-24(3)7-2/h10-13,17-20,24-26,35-36H,6-9,14-16,21-23H2,1-5H3,(H,43,45)(H,44,46). The second kappa shape index (κ2) is 14.0. The molecule has 3 aliphatic heterocycles. The van der Waals surface area contributed by atoms with Gasteiger partial charge in [-0.1, -0.05) is 45.4 Å². The Hall–Kier alpha value is -4.70. The van der Waals surface area contributed by atoms with Crippen LogP contribution in [0.2, 0.25) is 0 Å². The Morgan fingerprint density at radius 2 is 1.88 bits per heavy atom. The molecule has 2 fully saturated rings. The van der Waals surface area contributed by atoms with E-state index in [1.54, 1.807) is 7.11 Å². The van der Waals surface area contributed by atoms with Gasteiger partial charge in [0.25, 0.3) is 0 Å². The molecule has 272 valence electrons. The number of hydrogen-bond donors (Lipinski definition) is 2. The molecule has 0 saturated carbocycles. The number of hydrogen-bond acceptors (Lipinski definition) is 6. The zero-order chi connectivity index (χ0) is 36.1. The summed E-state index contributed by atoms with van der Waals surface area (Å²) in [5.41, 5.74) is 7.17. The van der Waals surface area contributed by atoms with Crippen LogP contribution in [0.25, 0.3) is 44.2 Å². The number of rotatable bonds is 10. The molecule has 10 heteroatoms. The molecule has 2 N–H and O–H groups in total. The fourth-order valence-electron chi connectivity index (χ4n) is 8.67. The predicted octanol–water partition coefficient (Wildman–Crippen LogP) is 8.49. The molecule has 10 nitrogen and oxygen atoms in total. The molecule has 0 spiro atoms. The number of nitrogens with one attached hydrogen (secondary N) is 2. The molecule has 3 aliphatic rings. The van der Waals surface area contributed by atoms with Crippen molar-refractivity contribution in [1.29, 1.82) is 0 Å². The quantitative estimate of drug-likeness (QED) is 0.151. The molecular weight excluding hydrogens is 652 g/mol. The van der Waals surface area contributed by atoms with Crippen LogP contribution in [-0.2, 0) is 20.9 Å². The van der Waals surface area contributed by atoms with Crippen LogP contribution in [0.5, 0.6) is 5.75 Å². The van der Waals surface area contributed by atoms with E-state index in [-0.39, 0.29) is 35.9 Å². The number of aromatic amines is 2. The van der Waals surface area contributed by atoms with E-state index in [1.165, 1.54) is 0 Å². The molecule has 5 unspecified atom stereocenters. The van der Waals surface area contributed by atoms with Crippen LogP contribution in [0.4, 0.5) is 0 Å². The molecular formula is C42H50N6O4. The third kappa shape index (κ3) is 6.14. The Kier molecular flexibility index (Phi) is 9.28. The number of amides is 2. The zero-order valence-electron chi connectivity index (χ0n) is 31.0. The van der Waals surface area contributed by atoms with E-state index < -0.39 is 0 Å². The maximum Gasteiger partial charge on any atom is 0.223 e. The van der Waals surface area contributed by atoms with Gasteiger partial charge in [0.2, 0.25) is 11.8 Å². The minimum Gasteiger partial charge on any atom is -0.488 e. The van der Waals surface area contributed by atoms with Crippen molar-refractivity contribution in [1.82, 2.24) is 29.7 Å². The van der Waals surface area contributed by atoms with Crippen molar-refractivity contribution in [2.45, 2.75) is 97.4 Å². The van der Waals surface area contributed by atoms with Crippen molar-refractivity contribution in [2.75, 3.05) is 20.3 Å². The number of imidazole rings is 2. The first kappa shape index (κ1) is 34.4. The minimum atomic E-state index is -0.0900. The lowest BCUT2D eigenvalue weighted by Crippen LogP contribution is -2.35. The maximum atomic E-state index is 13.4. The highest BCUT2D eigenvalue weighted by Gasteiger charge is 2.39. The molecule has 0 bridgehead atoms. The van der Waals surface area contributed by atoms with Gasteiger partial charge in [-0.05, 0) is 84.9 Å². The Morgan fingerprint density at radius 1 is 1.02 bits per heavy atom. The van der Waals surface area contributed by atoms with Gasteiger partial charge in [0.1, 0.15) is 24.0 Å². The van der Waals surface area contributed by atoms with Gasteiger partial charge >= 0.3 is 0 Å². The number of fused-ring (bicyclic) bond motifs is 6. The number of aromatic nitrogens is 4. The van der Waals surface area contributed by atoms with Crippen molar-refractivity contribution >= 4 is 33.6 Å². The van der Waals surface area contributed by atoms with Crippen LogP contribution in [0.1, 0.15) is 102 Å². The largest absolute Gasteiger partial charge is 0.488 e. The van der Waals surface area contributed by atoms with Gasteiger partial charge in [-0.2, -0.15) is 0 Å². The lowest BCUT2D eigenvalue weighted by molar-refractivity contribution is -0.134. The summed E-state index contributed by atoms with van der Waals surface area (Å²) in [5, 5.41) is 2.13.